The largest absolute Gasteiger partial charge is 0.385 e. The predicted molar refractivity (Wildman–Crippen MR) is 89.6 cm³/mol. The summed E-state index contributed by atoms with van der Waals surface area (Å²) < 4.78 is 13.5. The molecule has 0 radical (unpaired) electrons. The molecular formula is C19H16FN3O. The third kappa shape index (κ3) is 2.94. The van der Waals surface area contributed by atoms with Gasteiger partial charge in [-0.05, 0) is 35.4 Å². The number of pyridine rings is 1. The summed E-state index contributed by atoms with van der Waals surface area (Å²) in [6.45, 7) is 0. The number of nitrogens with one attached hydrogen (secondary N) is 1. The van der Waals surface area contributed by atoms with Gasteiger partial charge in [-0.25, -0.2) is 4.39 Å². The number of nitrogens with zero attached hydrogens (tertiary/aromatic N) is 2. The van der Waals surface area contributed by atoms with Gasteiger partial charge >= 0.3 is 0 Å². The Kier molecular flexibility index (Phi) is 3.84. The van der Waals surface area contributed by atoms with E-state index in [4.69, 9.17) is 4.84 Å². The van der Waals surface area contributed by atoms with E-state index in [0.717, 1.165) is 17.7 Å². The van der Waals surface area contributed by atoms with E-state index < -0.39 is 0 Å². The average molecular weight is 321 g/mol. The van der Waals surface area contributed by atoms with E-state index in [1.165, 1.54) is 17.7 Å². The monoisotopic (exact) mass is 321 g/mol. The number of hydrazine groups is 1. The highest BCUT2D eigenvalue weighted by Crippen LogP contribution is 2.39. The Morgan fingerprint density at radius 3 is 2.62 bits per heavy atom. The smallest absolute Gasteiger partial charge is 0.157 e. The van der Waals surface area contributed by atoms with Gasteiger partial charge in [-0.2, -0.15) is 0 Å². The van der Waals surface area contributed by atoms with Gasteiger partial charge in [0.2, 0.25) is 0 Å². The molecule has 4 nitrogen and oxygen atoms in total. The number of halogens is 1. The van der Waals surface area contributed by atoms with Crippen molar-refractivity contribution in [2.75, 3.05) is 5.43 Å². The van der Waals surface area contributed by atoms with E-state index in [1.807, 2.05) is 30.3 Å². The lowest BCUT2D eigenvalue weighted by atomic mass is 9.99. The molecule has 0 saturated carbocycles. The predicted octanol–water partition coefficient (Wildman–Crippen LogP) is 4.14. The summed E-state index contributed by atoms with van der Waals surface area (Å²) in [6, 6.07) is 18.5. The van der Waals surface area contributed by atoms with Crippen LogP contribution in [0, 0.1) is 5.82 Å². The summed E-state index contributed by atoms with van der Waals surface area (Å²) in [6.07, 6.45) is 4.16. The molecule has 5 heteroatoms. The molecule has 0 aliphatic carbocycles. The number of benzene rings is 2. The Balaban J connectivity index is 1.65. The van der Waals surface area contributed by atoms with Crippen LogP contribution in [0.25, 0.3) is 0 Å². The first-order valence-electron chi connectivity index (χ1n) is 7.77. The maximum absolute atomic E-state index is 13.5. The number of aromatic nitrogens is 1. The van der Waals surface area contributed by atoms with Crippen LogP contribution >= 0.6 is 0 Å². The van der Waals surface area contributed by atoms with Crippen molar-refractivity contribution in [3.8, 4) is 5.75 Å². The quantitative estimate of drug-likeness (QED) is 0.783. The third-order valence-electron chi connectivity index (χ3n) is 4.01. The zero-order chi connectivity index (χ0) is 16.4. The van der Waals surface area contributed by atoms with Gasteiger partial charge in [0.25, 0.3) is 0 Å². The summed E-state index contributed by atoms with van der Waals surface area (Å²) in [5.74, 6) is 0.232. The van der Waals surface area contributed by atoms with Crippen LogP contribution in [0.5, 0.6) is 5.75 Å². The van der Waals surface area contributed by atoms with Crippen LogP contribution in [0.2, 0.25) is 0 Å². The average Bonchev–Trinajstić information content (AvgIpc) is 2.93. The van der Waals surface area contributed by atoms with E-state index >= 15 is 0 Å². The molecule has 1 unspecified atom stereocenters. The lowest BCUT2D eigenvalue weighted by Crippen LogP contribution is -2.33. The Bertz CT molecular complexity index is 827. The summed E-state index contributed by atoms with van der Waals surface area (Å²) in [5, 5.41) is 1.67. The number of fused-ring (bicyclic) bond motifs is 1. The number of hydrogen-bond donors (Lipinski definition) is 1. The molecular weight excluding hydrogens is 305 g/mol. The second kappa shape index (κ2) is 6.29. The summed E-state index contributed by atoms with van der Waals surface area (Å²) in [4.78, 5) is 9.85. The molecule has 1 aliphatic rings. The number of hydroxylamine groups is 1. The van der Waals surface area contributed by atoms with Crippen LogP contribution in [0.4, 0.5) is 10.1 Å². The van der Waals surface area contributed by atoms with Crippen LogP contribution in [0.1, 0.15) is 17.2 Å². The van der Waals surface area contributed by atoms with Crippen molar-refractivity contribution in [1.82, 2.24) is 10.2 Å². The fraction of sp³-hybridized carbons (Fsp3) is 0.105. The van der Waals surface area contributed by atoms with Crippen molar-refractivity contribution >= 4 is 5.69 Å². The SMILES string of the molecule is Fc1ccc2c(c1)ON(Nc1ccncc1)C2Cc1ccccc1. The van der Waals surface area contributed by atoms with Crippen molar-refractivity contribution in [1.29, 1.82) is 0 Å². The fourth-order valence-electron chi connectivity index (χ4n) is 2.84. The lowest BCUT2D eigenvalue weighted by molar-refractivity contribution is -0.0449. The van der Waals surface area contributed by atoms with Crippen molar-refractivity contribution < 1.29 is 9.23 Å². The normalized spacial score (nSPS) is 16.5. The first-order chi connectivity index (χ1) is 11.8. The molecule has 120 valence electrons. The summed E-state index contributed by atoms with van der Waals surface area (Å²) in [7, 11) is 0. The van der Waals surface area contributed by atoms with Gasteiger partial charge in [0.1, 0.15) is 5.82 Å². The zero-order valence-electron chi connectivity index (χ0n) is 12.9. The summed E-state index contributed by atoms with van der Waals surface area (Å²) in [5.41, 5.74) is 6.23. The Hall–Kier alpha value is -2.92. The first kappa shape index (κ1) is 14.7. The molecule has 2 heterocycles. The van der Waals surface area contributed by atoms with Gasteiger partial charge in [0.05, 0.1) is 11.7 Å². The molecule has 1 aliphatic heterocycles. The molecule has 2 aromatic carbocycles. The molecule has 0 amide bonds. The second-order valence-corrected chi connectivity index (χ2v) is 5.65. The van der Waals surface area contributed by atoms with Crippen LogP contribution in [-0.2, 0) is 6.42 Å². The van der Waals surface area contributed by atoms with Crippen LogP contribution < -0.4 is 10.3 Å². The fourth-order valence-corrected chi connectivity index (χ4v) is 2.84. The summed E-state index contributed by atoms with van der Waals surface area (Å²) >= 11 is 0. The van der Waals surface area contributed by atoms with Crippen LogP contribution in [-0.4, -0.2) is 10.2 Å². The number of rotatable bonds is 4. The van der Waals surface area contributed by atoms with E-state index in [2.05, 4.69) is 22.5 Å². The lowest BCUT2D eigenvalue weighted by Gasteiger charge is -2.24. The highest BCUT2D eigenvalue weighted by Gasteiger charge is 2.33. The van der Waals surface area contributed by atoms with Crippen LogP contribution in [0.3, 0.4) is 0 Å². The van der Waals surface area contributed by atoms with Crippen molar-refractivity contribution in [3.05, 3.63) is 90.0 Å². The Labute approximate surface area is 139 Å². The number of anilines is 1. The van der Waals surface area contributed by atoms with Crippen molar-refractivity contribution in [2.24, 2.45) is 0 Å². The van der Waals surface area contributed by atoms with E-state index in [-0.39, 0.29) is 11.9 Å². The molecule has 0 bridgehead atoms. The Morgan fingerprint density at radius 1 is 1.04 bits per heavy atom. The molecule has 4 rings (SSSR count). The zero-order valence-corrected chi connectivity index (χ0v) is 12.9. The number of hydrogen-bond acceptors (Lipinski definition) is 4. The van der Waals surface area contributed by atoms with E-state index in [0.29, 0.717) is 5.75 Å². The highest BCUT2D eigenvalue weighted by molar-refractivity contribution is 5.44. The standard InChI is InChI=1S/C19H16FN3O/c20-15-6-7-17-18(12-14-4-2-1-3-5-14)23(24-19(17)13-15)22-16-8-10-21-11-9-16/h1-11,13,18H,12H2,(H,21,22). The van der Waals surface area contributed by atoms with Crippen LogP contribution in [0.15, 0.2) is 73.1 Å². The maximum Gasteiger partial charge on any atom is 0.157 e. The molecule has 1 aromatic heterocycles. The Morgan fingerprint density at radius 2 is 1.83 bits per heavy atom. The van der Waals surface area contributed by atoms with E-state index in [1.54, 1.807) is 23.6 Å². The maximum atomic E-state index is 13.5. The topological polar surface area (TPSA) is 37.4 Å². The van der Waals surface area contributed by atoms with Gasteiger partial charge in [-0.3, -0.25) is 10.4 Å². The molecule has 0 fully saturated rings. The first-order valence-corrected chi connectivity index (χ1v) is 7.77. The minimum Gasteiger partial charge on any atom is -0.385 e. The molecule has 0 spiro atoms. The molecule has 3 aromatic rings. The van der Waals surface area contributed by atoms with Crippen molar-refractivity contribution in [2.45, 2.75) is 12.5 Å². The van der Waals surface area contributed by atoms with Gasteiger partial charge in [0.15, 0.2) is 5.75 Å². The molecule has 0 saturated heterocycles. The van der Waals surface area contributed by atoms with E-state index in [9.17, 15) is 4.39 Å². The minimum atomic E-state index is -0.307. The van der Waals surface area contributed by atoms with Gasteiger partial charge < -0.3 is 4.84 Å². The second-order valence-electron chi connectivity index (χ2n) is 5.65. The molecule has 1 N–H and O–H groups in total. The van der Waals surface area contributed by atoms with Gasteiger partial charge in [-0.1, -0.05) is 36.4 Å². The third-order valence-corrected chi connectivity index (χ3v) is 4.01. The molecule has 24 heavy (non-hydrogen) atoms. The van der Waals surface area contributed by atoms with Gasteiger partial charge in [-0.15, -0.1) is 0 Å². The highest BCUT2D eigenvalue weighted by atomic mass is 19.1. The van der Waals surface area contributed by atoms with Gasteiger partial charge in [0, 0.05) is 24.0 Å². The minimum absolute atomic E-state index is 0.0591. The van der Waals surface area contributed by atoms with Crippen molar-refractivity contribution in [3.63, 3.8) is 0 Å². The molecule has 1 atom stereocenters.